The summed E-state index contributed by atoms with van der Waals surface area (Å²) in [5, 5.41) is 0. The van der Waals surface area contributed by atoms with Crippen LogP contribution in [-0.2, 0) is 32.7 Å². The van der Waals surface area contributed by atoms with Crippen LogP contribution >= 0.6 is 0 Å². The van der Waals surface area contributed by atoms with Crippen molar-refractivity contribution >= 4 is 0 Å². The van der Waals surface area contributed by atoms with Gasteiger partial charge in [0.05, 0.1) is 0 Å². The van der Waals surface area contributed by atoms with Gasteiger partial charge in [-0.25, -0.2) is 0 Å². The molecule has 0 bridgehead atoms. The Bertz CT molecular complexity index is 316. The third-order valence-electron chi connectivity index (χ3n) is 3.51. The van der Waals surface area contributed by atoms with Gasteiger partial charge in [-0.15, -0.1) is 0 Å². The molecule has 1 aromatic rings. The molecular formula is C20H41NY. The van der Waals surface area contributed by atoms with E-state index in [0.717, 1.165) is 12.1 Å². The summed E-state index contributed by atoms with van der Waals surface area (Å²) in [6.07, 6.45) is 2.87. The Kier molecular flexibility index (Phi) is 22.2. The number of hydrogen-bond acceptors (Lipinski definition) is 1. The zero-order valence-electron chi connectivity index (χ0n) is 13.3. The minimum absolute atomic E-state index is 0. The molecule has 1 aliphatic rings. The van der Waals surface area contributed by atoms with Crippen molar-refractivity contribution in [2.75, 3.05) is 6.54 Å². The zero-order chi connectivity index (χ0) is 13.5. The predicted octanol–water partition coefficient (Wildman–Crippen LogP) is 6.59. The van der Waals surface area contributed by atoms with Crippen molar-refractivity contribution in [2.24, 2.45) is 0 Å². The molecule has 22 heavy (non-hydrogen) atoms. The minimum atomic E-state index is 0. The van der Waals surface area contributed by atoms with Crippen molar-refractivity contribution in [1.29, 1.82) is 0 Å². The van der Waals surface area contributed by atoms with Crippen molar-refractivity contribution < 1.29 is 32.7 Å². The summed E-state index contributed by atoms with van der Waals surface area (Å²) in [6, 6.07) is 12.2. The molecule has 1 aromatic carbocycles. The normalized spacial score (nSPS) is 12.2. The molecule has 0 heterocycles. The first-order valence-electron chi connectivity index (χ1n) is 7.36. The molecular weight excluding hydrogens is 343 g/mol. The van der Waals surface area contributed by atoms with Gasteiger partial charge in [0.15, 0.2) is 0 Å². The van der Waals surface area contributed by atoms with E-state index in [0.29, 0.717) is 5.92 Å². The van der Waals surface area contributed by atoms with Crippen LogP contribution in [0.25, 0.3) is 0 Å². The molecule has 0 unspecified atom stereocenters. The standard InChI is InChI=1S/C9H12.C8H17N.3CH4.Y/c1-8(2)9-6-4-3-5-7-9;1-4-9(7(2)3)8-5-6-8;;;;/h3-8H,1-2H3;7-8H,4-6H2,1-3H3;3*1H4;. The fourth-order valence-electron chi connectivity index (χ4n) is 2.29. The first kappa shape index (κ1) is 30.2. The van der Waals surface area contributed by atoms with Crippen molar-refractivity contribution in [2.45, 2.75) is 87.7 Å². The second-order valence-electron chi connectivity index (χ2n) is 5.72. The fraction of sp³-hybridized carbons (Fsp3) is 0.700. The number of rotatable bonds is 4. The SMILES string of the molecule is C.C.C.CC(C)c1ccccc1.CCN(C(C)C)C1CC1.[Y]. The van der Waals surface area contributed by atoms with Crippen LogP contribution < -0.4 is 0 Å². The molecule has 0 spiro atoms. The molecule has 1 radical (unpaired) electrons. The van der Waals surface area contributed by atoms with E-state index >= 15 is 0 Å². The topological polar surface area (TPSA) is 3.24 Å². The smallest absolute Gasteiger partial charge is 0.00990 e. The van der Waals surface area contributed by atoms with Crippen LogP contribution in [0.5, 0.6) is 0 Å². The molecule has 1 aliphatic carbocycles. The van der Waals surface area contributed by atoms with Crippen LogP contribution in [0, 0.1) is 0 Å². The van der Waals surface area contributed by atoms with Gasteiger partial charge in [-0.05, 0) is 44.7 Å². The summed E-state index contributed by atoms with van der Waals surface area (Å²) in [5.74, 6) is 0.659. The van der Waals surface area contributed by atoms with Crippen LogP contribution in [0.2, 0.25) is 0 Å². The maximum absolute atomic E-state index is 2.57. The van der Waals surface area contributed by atoms with Crippen LogP contribution in [-0.4, -0.2) is 23.5 Å². The Morgan fingerprint density at radius 1 is 0.955 bits per heavy atom. The van der Waals surface area contributed by atoms with Crippen LogP contribution in [0.1, 0.15) is 81.2 Å². The fourth-order valence-corrected chi connectivity index (χ4v) is 2.29. The van der Waals surface area contributed by atoms with E-state index in [4.69, 9.17) is 0 Å². The Labute approximate surface area is 167 Å². The summed E-state index contributed by atoms with van der Waals surface area (Å²) in [7, 11) is 0. The maximum Gasteiger partial charge on any atom is 0.00990 e. The first-order chi connectivity index (χ1) is 8.56. The largest absolute Gasteiger partial charge is 0.298 e. The van der Waals surface area contributed by atoms with Gasteiger partial charge in [-0.1, -0.05) is 73.4 Å². The molecule has 2 rings (SSSR count). The molecule has 1 fully saturated rings. The van der Waals surface area contributed by atoms with Gasteiger partial charge in [-0.3, -0.25) is 4.90 Å². The second-order valence-corrected chi connectivity index (χ2v) is 5.72. The van der Waals surface area contributed by atoms with Crippen LogP contribution in [0.4, 0.5) is 0 Å². The summed E-state index contributed by atoms with van der Waals surface area (Å²) in [6.45, 7) is 12.4. The van der Waals surface area contributed by atoms with Gasteiger partial charge < -0.3 is 0 Å². The summed E-state index contributed by atoms with van der Waals surface area (Å²) in [5.41, 5.74) is 1.41. The number of nitrogens with zero attached hydrogens (tertiary/aromatic N) is 1. The third kappa shape index (κ3) is 11.8. The van der Waals surface area contributed by atoms with E-state index in [-0.39, 0.29) is 55.0 Å². The molecule has 129 valence electrons. The number of benzene rings is 1. The van der Waals surface area contributed by atoms with Crippen molar-refractivity contribution in [3.63, 3.8) is 0 Å². The molecule has 0 aromatic heterocycles. The molecule has 1 nitrogen and oxygen atoms in total. The van der Waals surface area contributed by atoms with Crippen molar-refractivity contribution in [1.82, 2.24) is 4.90 Å². The van der Waals surface area contributed by atoms with E-state index in [2.05, 4.69) is 63.8 Å². The zero-order valence-corrected chi connectivity index (χ0v) is 16.1. The summed E-state index contributed by atoms with van der Waals surface area (Å²) < 4.78 is 0. The molecule has 0 N–H and O–H groups in total. The molecule has 0 aliphatic heterocycles. The van der Waals surface area contributed by atoms with E-state index in [1.165, 1.54) is 24.9 Å². The Balaban J connectivity index is -0.000000125. The minimum Gasteiger partial charge on any atom is -0.298 e. The first-order valence-corrected chi connectivity index (χ1v) is 7.36. The van der Waals surface area contributed by atoms with Gasteiger partial charge >= 0.3 is 0 Å². The van der Waals surface area contributed by atoms with Gasteiger partial charge in [-0.2, -0.15) is 0 Å². The molecule has 1 saturated carbocycles. The van der Waals surface area contributed by atoms with Gasteiger partial charge in [0.25, 0.3) is 0 Å². The van der Waals surface area contributed by atoms with Gasteiger partial charge in [0.2, 0.25) is 0 Å². The van der Waals surface area contributed by atoms with Crippen molar-refractivity contribution in [3.8, 4) is 0 Å². The van der Waals surface area contributed by atoms with E-state index < -0.39 is 0 Å². The monoisotopic (exact) mass is 384 g/mol. The summed E-state index contributed by atoms with van der Waals surface area (Å²) >= 11 is 0. The average Bonchev–Trinajstić information content (AvgIpc) is 3.16. The Morgan fingerprint density at radius 2 is 1.41 bits per heavy atom. The van der Waals surface area contributed by atoms with E-state index in [1.807, 2.05) is 6.07 Å². The predicted molar refractivity (Wildman–Crippen MR) is 101 cm³/mol. The Hall–Kier alpha value is 0.284. The molecule has 0 amide bonds. The maximum atomic E-state index is 2.57. The van der Waals surface area contributed by atoms with Gasteiger partial charge in [0.1, 0.15) is 0 Å². The number of hydrogen-bond donors (Lipinski definition) is 0. The third-order valence-corrected chi connectivity index (χ3v) is 3.51. The second kappa shape index (κ2) is 16.2. The van der Waals surface area contributed by atoms with Crippen molar-refractivity contribution in [3.05, 3.63) is 35.9 Å². The van der Waals surface area contributed by atoms with Gasteiger partial charge in [0, 0.05) is 44.8 Å². The molecule has 0 atom stereocenters. The van der Waals surface area contributed by atoms with Crippen LogP contribution in [0.3, 0.4) is 0 Å². The quantitative estimate of drug-likeness (QED) is 0.566. The van der Waals surface area contributed by atoms with Crippen LogP contribution in [0.15, 0.2) is 30.3 Å². The molecule has 2 heteroatoms. The van der Waals surface area contributed by atoms with E-state index in [9.17, 15) is 0 Å². The Morgan fingerprint density at radius 3 is 1.59 bits per heavy atom. The van der Waals surface area contributed by atoms with E-state index in [1.54, 1.807) is 0 Å². The molecule has 0 saturated heterocycles. The average molecular weight is 384 g/mol. The summed E-state index contributed by atoms with van der Waals surface area (Å²) in [4.78, 5) is 2.57.